The molecule has 0 N–H and O–H groups in total. The number of anilines is 3. The lowest BCUT2D eigenvalue weighted by Crippen LogP contribution is -2.27. The monoisotopic (exact) mass is 850 g/mol. The van der Waals surface area contributed by atoms with Gasteiger partial charge in [0.25, 0.3) is 0 Å². The fraction of sp³-hybridized carbons (Fsp3) is 0.250. The zero-order valence-electron chi connectivity index (χ0n) is 45.1. The van der Waals surface area contributed by atoms with Crippen molar-refractivity contribution in [3.63, 3.8) is 0 Å². The first-order valence-electron chi connectivity index (χ1n) is 26.2. The van der Waals surface area contributed by atoms with Gasteiger partial charge in [-0.3, -0.25) is 0 Å². The largest absolute Gasteiger partial charge is 0.310 e. The molecule has 0 amide bonds. The van der Waals surface area contributed by atoms with Gasteiger partial charge < -0.3 is 4.90 Å². The van der Waals surface area contributed by atoms with Gasteiger partial charge in [0.2, 0.25) is 0 Å². The molecule has 65 heavy (non-hydrogen) atoms. The summed E-state index contributed by atoms with van der Waals surface area (Å²) in [4.78, 5) is 2.40. The number of rotatable bonds is 4. The van der Waals surface area contributed by atoms with Crippen LogP contribution in [0.5, 0.6) is 0 Å². The van der Waals surface area contributed by atoms with E-state index in [2.05, 4.69) is 206 Å². The summed E-state index contributed by atoms with van der Waals surface area (Å²) in [6.07, 6.45) is 0. The molecule has 1 heteroatoms. The minimum absolute atomic E-state index is 0.0630. The van der Waals surface area contributed by atoms with Crippen molar-refractivity contribution in [2.75, 3.05) is 4.90 Å². The number of fused-ring (bicyclic) bond motifs is 13. The second-order valence-electron chi connectivity index (χ2n) is 21.5. The maximum atomic E-state index is 8.21. The van der Waals surface area contributed by atoms with Gasteiger partial charge in [0, 0.05) is 30.7 Å². The number of nitrogens with zero attached hydrogens (tertiary/aromatic N) is 1. The fourth-order valence-corrected chi connectivity index (χ4v) is 11.3. The molecular formula is C64H61N. The summed E-state index contributed by atoms with van der Waals surface area (Å²) in [5, 5.41) is 0. The summed E-state index contributed by atoms with van der Waals surface area (Å²) in [5.41, 5.74) is 20.3. The van der Waals surface area contributed by atoms with Crippen LogP contribution in [0.4, 0.5) is 17.1 Å². The van der Waals surface area contributed by atoms with Gasteiger partial charge in [0.15, 0.2) is 0 Å². The molecule has 0 unspecified atom stereocenters. The van der Waals surface area contributed by atoms with Gasteiger partial charge in [-0.25, -0.2) is 0 Å². The molecule has 8 aromatic carbocycles. The predicted molar refractivity (Wildman–Crippen MR) is 277 cm³/mol. The average Bonchev–Trinajstić information content (AvgIpc) is 3.88. The van der Waals surface area contributed by atoms with Gasteiger partial charge in [-0.15, -0.1) is 0 Å². The zero-order chi connectivity index (χ0) is 50.4. The average molecular weight is 850 g/mol. The van der Waals surface area contributed by atoms with E-state index in [4.69, 9.17) is 8.22 Å². The van der Waals surface area contributed by atoms with Crippen molar-refractivity contribution in [3.05, 3.63) is 220 Å². The molecular weight excluding hydrogens is 783 g/mol. The van der Waals surface area contributed by atoms with E-state index in [1.165, 1.54) is 84.8 Å². The molecule has 3 aliphatic carbocycles. The first kappa shape index (κ1) is 34.9. The Labute approximate surface area is 396 Å². The van der Waals surface area contributed by atoms with E-state index in [-0.39, 0.29) is 21.8 Å². The van der Waals surface area contributed by atoms with Crippen molar-refractivity contribution in [2.45, 2.75) is 103 Å². The minimum atomic E-state index is -2.73. The Morgan fingerprint density at radius 3 is 1.26 bits per heavy atom. The maximum Gasteiger partial charge on any atom is 0.0726 e. The van der Waals surface area contributed by atoms with E-state index >= 15 is 0 Å². The summed E-state index contributed by atoms with van der Waals surface area (Å²) in [7, 11) is 0. The molecule has 0 aliphatic heterocycles. The molecule has 0 atom stereocenters. The van der Waals surface area contributed by atoms with Crippen LogP contribution in [0.3, 0.4) is 0 Å². The highest BCUT2D eigenvalue weighted by molar-refractivity contribution is 5.97. The third-order valence-corrected chi connectivity index (χ3v) is 14.9. The van der Waals surface area contributed by atoms with Gasteiger partial charge in [-0.2, -0.15) is 0 Å². The van der Waals surface area contributed by atoms with Crippen LogP contribution < -0.4 is 4.90 Å². The molecule has 322 valence electrons. The third kappa shape index (κ3) is 6.18. The number of hydrogen-bond donors (Lipinski definition) is 0. The lowest BCUT2D eigenvalue weighted by molar-refractivity contribution is 0.586. The first-order valence-corrected chi connectivity index (χ1v) is 23.2. The predicted octanol–water partition coefficient (Wildman–Crippen LogP) is 17.4. The Balaban J connectivity index is 1.12. The summed E-state index contributed by atoms with van der Waals surface area (Å²) in [6, 6.07) is 61.8. The van der Waals surface area contributed by atoms with Gasteiger partial charge in [0.05, 0.1) is 5.41 Å². The third-order valence-electron chi connectivity index (χ3n) is 14.9. The smallest absolute Gasteiger partial charge is 0.0726 e. The van der Waals surface area contributed by atoms with Gasteiger partial charge in [0.1, 0.15) is 0 Å². The Morgan fingerprint density at radius 1 is 0.354 bits per heavy atom. The van der Waals surface area contributed by atoms with Crippen LogP contribution in [-0.2, 0) is 27.1 Å². The van der Waals surface area contributed by atoms with Crippen molar-refractivity contribution < 1.29 is 8.22 Å². The second-order valence-corrected chi connectivity index (χ2v) is 21.5. The Kier molecular flexibility index (Phi) is 7.53. The van der Waals surface area contributed by atoms with Gasteiger partial charge in [-0.1, -0.05) is 209 Å². The summed E-state index contributed by atoms with van der Waals surface area (Å²) < 4.78 is 49.3. The summed E-state index contributed by atoms with van der Waals surface area (Å²) >= 11 is 0. The topological polar surface area (TPSA) is 3.24 Å². The molecule has 0 saturated heterocycles. The van der Waals surface area contributed by atoms with Crippen LogP contribution >= 0.6 is 0 Å². The quantitative estimate of drug-likeness (QED) is 0.171. The molecule has 0 saturated carbocycles. The van der Waals surface area contributed by atoms with E-state index in [1.807, 2.05) is 12.1 Å². The Bertz CT molecular complexity index is 3370. The van der Waals surface area contributed by atoms with E-state index in [9.17, 15) is 0 Å². The second kappa shape index (κ2) is 14.0. The standard InChI is InChI=1S/C64H61N/c1-60(2,3)42-24-20-40(21-25-42)41-22-28-45(29-23-41)65(46-30-34-50-48-16-12-14-18-54(48)63(10,11)56(50)38-46)47-31-35-53-49-17-13-15-19-55(49)64(59(53)39-47)57-36-43(61(4,5)6)26-32-51(57)52-33-27-44(37-58(52)64)62(7,8)9/h12-39H,1-11H3/i1D3,2D3. The molecule has 11 rings (SSSR count). The first-order chi connectivity index (χ1) is 33.4. The highest BCUT2D eigenvalue weighted by atomic mass is 15.1. The molecule has 1 spiro atoms. The van der Waals surface area contributed by atoms with Gasteiger partial charge >= 0.3 is 0 Å². The van der Waals surface area contributed by atoms with E-state index in [0.29, 0.717) is 0 Å². The van der Waals surface area contributed by atoms with Crippen molar-refractivity contribution >= 4 is 17.1 Å². The van der Waals surface area contributed by atoms with E-state index < -0.39 is 24.5 Å². The fourth-order valence-electron chi connectivity index (χ4n) is 11.3. The van der Waals surface area contributed by atoms with Gasteiger partial charge in [-0.05, 0) is 147 Å². The number of benzene rings is 8. The van der Waals surface area contributed by atoms with Crippen LogP contribution in [0.1, 0.15) is 134 Å². The van der Waals surface area contributed by atoms with E-state index in [1.54, 1.807) is 12.1 Å². The van der Waals surface area contributed by atoms with Crippen LogP contribution in [0.15, 0.2) is 170 Å². The molecule has 0 bridgehead atoms. The highest BCUT2D eigenvalue weighted by Gasteiger charge is 2.52. The summed E-state index contributed by atoms with van der Waals surface area (Å²) in [5.74, 6) is 0. The van der Waals surface area contributed by atoms with Crippen molar-refractivity contribution in [1.82, 2.24) is 0 Å². The zero-order valence-corrected chi connectivity index (χ0v) is 39.1. The normalized spacial score (nSPS) is 16.7. The van der Waals surface area contributed by atoms with Crippen LogP contribution in [0.25, 0.3) is 44.5 Å². The van der Waals surface area contributed by atoms with Crippen molar-refractivity contribution in [1.29, 1.82) is 0 Å². The lowest BCUT2D eigenvalue weighted by atomic mass is 9.68. The Hall–Kier alpha value is -6.44. The molecule has 1 nitrogen and oxygen atoms in total. The molecule has 0 aromatic heterocycles. The summed E-state index contributed by atoms with van der Waals surface area (Å²) in [6.45, 7) is 14.4. The maximum absolute atomic E-state index is 8.21. The van der Waals surface area contributed by atoms with E-state index in [0.717, 1.165) is 28.2 Å². The Morgan fingerprint density at radius 2 is 0.738 bits per heavy atom. The van der Waals surface area contributed by atoms with Crippen LogP contribution in [0, 0.1) is 0 Å². The molecule has 0 radical (unpaired) electrons. The molecule has 0 fully saturated rings. The molecule has 3 aliphatic rings. The van der Waals surface area contributed by atoms with Crippen molar-refractivity contribution in [2.24, 2.45) is 0 Å². The van der Waals surface area contributed by atoms with Crippen molar-refractivity contribution in [3.8, 4) is 44.5 Å². The van der Waals surface area contributed by atoms with Crippen LogP contribution in [0.2, 0.25) is 0 Å². The number of hydrogen-bond acceptors (Lipinski definition) is 1. The SMILES string of the molecule is [2H]C([2H])([2H])C(C)(c1ccc(-c2ccc(N(c3ccc4c(c3)C(C)(C)c3ccccc3-4)c3ccc4c(c3)C3(c5ccccc5-4)c4cc(C(C)(C)C)ccc4-c4ccc(C(C)(C)C)cc43)cc2)cc1)C([2H])([2H])[2H]. The molecule has 0 heterocycles. The van der Waals surface area contributed by atoms with Crippen LogP contribution in [-0.4, -0.2) is 0 Å². The highest BCUT2D eigenvalue weighted by Crippen LogP contribution is 2.64. The lowest BCUT2D eigenvalue weighted by Gasteiger charge is -2.34. The minimum Gasteiger partial charge on any atom is -0.310 e. The molecule has 8 aromatic rings.